The minimum Gasteiger partial charge on any atom is -0.495 e. The van der Waals surface area contributed by atoms with Crippen molar-refractivity contribution in [3.8, 4) is 5.75 Å². The Morgan fingerprint density at radius 2 is 1.79 bits per heavy atom. The molecule has 208 valence electrons. The Morgan fingerprint density at radius 3 is 2.37 bits per heavy atom. The fourth-order valence-corrected chi connectivity index (χ4v) is 5.71. The molecular weight excluding hydrogens is 533 g/mol. The average molecular weight is 568 g/mol. The van der Waals surface area contributed by atoms with Gasteiger partial charge in [-0.25, -0.2) is 12.8 Å². The quantitative estimate of drug-likeness (QED) is 0.431. The van der Waals surface area contributed by atoms with Crippen LogP contribution in [0.3, 0.4) is 0 Å². The number of carbonyl (C=O) groups is 2. The van der Waals surface area contributed by atoms with E-state index in [1.165, 1.54) is 48.4 Å². The maximum atomic E-state index is 13.8. The number of nitrogens with zero attached hydrogens (tertiary/aromatic N) is 2. The van der Waals surface area contributed by atoms with Gasteiger partial charge in [-0.3, -0.25) is 13.9 Å². The van der Waals surface area contributed by atoms with Gasteiger partial charge in [0.2, 0.25) is 21.8 Å². The van der Waals surface area contributed by atoms with Gasteiger partial charge in [-0.05, 0) is 55.2 Å². The lowest BCUT2D eigenvalue weighted by molar-refractivity contribution is -0.140. The molecule has 0 radical (unpaired) electrons. The van der Waals surface area contributed by atoms with Gasteiger partial charge in [0.25, 0.3) is 0 Å². The number of hydrogen-bond donors (Lipinski definition) is 1. The number of benzene rings is 2. The number of sulfonamides is 1. The lowest BCUT2D eigenvalue weighted by Gasteiger charge is -2.34. The Labute approximate surface area is 229 Å². The summed E-state index contributed by atoms with van der Waals surface area (Å²) in [5, 5.41) is 3.35. The molecule has 0 aliphatic heterocycles. The Morgan fingerprint density at radius 1 is 1.13 bits per heavy atom. The minimum absolute atomic E-state index is 0.0000106. The van der Waals surface area contributed by atoms with E-state index in [4.69, 9.17) is 16.3 Å². The van der Waals surface area contributed by atoms with Gasteiger partial charge in [-0.15, -0.1) is 0 Å². The number of rotatable bonds is 11. The van der Waals surface area contributed by atoms with Gasteiger partial charge in [0.15, 0.2) is 0 Å². The zero-order chi connectivity index (χ0) is 27.9. The summed E-state index contributed by atoms with van der Waals surface area (Å²) < 4.78 is 45.5. The van der Waals surface area contributed by atoms with Crippen LogP contribution in [-0.4, -0.2) is 57.1 Å². The van der Waals surface area contributed by atoms with Gasteiger partial charge in [0.1, 0.15) is 24.2 Å². The Kier molecular flexibility index (Phi) is 10.4. The summed E-state index contributed by atoms with van der Waals surface area (Å²) in [6.07, 6.45) is 6.25. The van der Waals surface area contributed by atoms with Crippen molar-refractivity contribution in [3.63, 3.8) is 0 Å². The van der Waals surface area contributed by atoms with Crippen LogP contribution in [0.15, 0.2) is 42.5 Å². The first-order valence-electron chi connectivity index (χ1n) is 12.7. The molecule has 2 amide bonds. The highest BCUT2D eigenvalue weighted by Gasteiger charge is 2.33. The van der Waals surface area contributed by atoms with Crippen LogP contribution in [0.2, 0.25) is 5.02 Å². The van der Waals surface area contributed by atoms with Crippen molar-refractivity contribution in [2.75, 3.05) is 24.2 Å². The summed E-state index contributed by atoms with van der Waals surface area (Å²) in [5.74, 6) is -1.08. The highest BCUT2D eigenvalue weighted by atomic mass is 35.5. The maximum absolute atomic E-state index is 13.8. The average Bonchev–Trinajstić information content (AvgIpc) is 2.88. The fourth-order valence-electron chi connectivity index (χ4n) is 4.70. The summed E-state index contributed by atoms with van der Waals surface area (Å²) in [6, 6.07) is 9.30. The number of amides is 2. The van der Waals surface area contributed by atoms with Crippen molar-refractivity contribution in [1.82, 2.24) is 10.2 Å². The van der Waals surface area contributed by atoms with Crippen molar-refractivity contribution in [1.29, 1.82) is 0 Å². The van der Waals surface area contributed by atoms with E-state index in [0.717, 1.165) is 42.7 Å². The summed E-state index contributed by atoms with van der Waals surface area (Å²) in [7, 11) is -2.57. The third-order valence-electron chi connectivity index (χ3n) is 6.69. The van der Waals surface area contributed by atoms with E-state index in [-0.39, 0.29) is 35.0 Å². The number of ether oxygens (including phenoxy) is 1. The van der Waals surface area contributed by atoms with Crippen LogP contribution in [0.4, 0.5) is 10.1 Å². The van der Waals surface area contributed by atoms with E-state index in [1.54, 1.807) is 13.0 Å². The molecule has 1 atom stereocenters. The van der Waals surface area contributed by atoms with Crippen LogP contribution in [0, 0.1) is 5.82 Å². The van der Waals surface area contributed by atoms with E-state index >= 15 is 0 Å². The maximum Gasteiger partial charge on any atom is 0.244 e. The molecule has 38 heavy (non-hydrogen) atoms. The van der Waals surface area contributed by atoms with E-state index in [1.807, 2.05) is 0 Å². The van der Waals surface area contributed by atoms with E-state index in [0.29, 0.717) is 12.0 Å². The molecule has 1 saturated carbocycles. The molecule has 0 aromatic heterocycles. The highest BCUT2D eigenvalue weighted by molar-refractivity contribution is 7.92. The Balaban J connectivity index is 1.95. The molecule has 3 rings (SSSR count). The summed E-state index contributed by atoms with van der Waals surface area (Å²) >= 11 is 6.14. The first-order chi connectivity index (χ1) is 18.0. The lowest BCUT2D eigenvalue weighted by atomic mass is 9.95. The van der Waals surface area contributed by atoms with E-state index in [2.05, 4.69) is 5.32 Å². The zero-order valence-corrected chi connectivity index (χ0v) is 23.5. The van der Waals surface area contributed by atoms with Crippen LogP contribution >= 0.6 is 11.6 Å². The number of halogens is 2. The molecule has 8 nitrogen and oxygen atoms in total. The van der Waals surface area contributed by atoms with Gasteiger partial charge in [0, 0.05) is 17.6 Å². The third kappa shape index (κ3) is 7.83. The molecule has 0 saturated heterocycles. The number of carbonyl (C=O) groups excluding carboxylic acids is 2. The van der Waals surface area contributed by atoms with Crippen molar-refractivity contribution in [3.05, 3.63) is 58.9 Å². The van der Waals surface area contributed by atoms with Crippen LogP contribution in [0.25, 0.3) is 0 Å². The van der Waals surface area contributed by atoms with Gasteiger partial charge in [-0.2, -0.15) is 0 Å². The van der Waals surface area contributed by atoms with Gasteiger partial charge in [0.05, 0.1) is 19.1 Å². The first-order valence-corrected chi connectivity index (χ1v) is 14.9. The largest absolute Gasteiger partial charge is 0.495 e. The van der Waals surface area contributed by atoms with Crippen LogP contribution in [-0.2, 0) is 26.2 Å². The third-order valence-corrected chi connectivity index (χ3v) is 8.05. The van der Waals surface area contributed by atoms with Crippen molar-refractivity contribution >= 4 is 39.1 Å². The van der Waals surface area contributed by atoms with Gasteiger partial charge in [-0.1, -0.05) is 49.9 Å². The molecule has 0 bridgehead atoms. The van der Waals surface area contributed by atoms with Crippen LogP contribution < -0.4 is 14.4 Å². The number of anilines is 1. The molecule has 2 aromatic rings. The lowest BCUT2D eigenvalue weighted by Crippen LogP contribution is -2.54. The number of nitrogens with one attached hydrogen (secondary N) is 1. The highest BCUT2D eigenvalue weighted by Crippen LogP contribution is 2.33. The predicted octanol–water partition coefficient (Wildman–Crippen LogP) is 4.51. The molecule has 1 unspecified atom stereocenters. The molecule has 11 heteroatoms. The molecule has 1 aliphatic carbocycles. The molecule has 1 aliphatic rings. The number of methoxy groups -OCH3 is 1. The monoisotopic (exact) mass is 567 g/mol. The SMILES string of the molecule is CCC(C(=O)NC1CCCCC1)N(Cc1ccc(F)cc1)C(=O)CN(c1cc(Cl)ccc1OC)S(C)(=O)=O. The molecule has 1 N–H and O–H groups in total. The molecular formula is C27H35ClFN3O5S. The first kappa shape index (κ1) is 29.7. The standard InChI is InChI=1S/C27H35ClFN3O5S/c1-4-23(27(34)30-22-8-6-5-7-9-22)31(17-19-10-13-21(29)14-11-19)26(33)18-32(38(3,35)36)24-16-20(28)12-15-25(24)37-2/h10-16,22-23H,4-9,17-18H2,1-3H3,(H,30,34). The molecule has 0 spiro atoms. The number of hydrogen-bond acceptors (Lipinski definition) is 5. The van der Waals surface area contributed by atoms with E-state index < -0.39 is 34.3 Å². The Hall–Kier alpha value is -2.85. The Bertz CT molecular complexity index is 1220. The fraction of sp³-hybridized carbons (Fsp3) is 0.481. The molecule has 2 aromatic carbocycles. The smallest absolute Gasteiger partial charge is 0.244 e. The summed E-state index contributed by atoms with van der Waals surface area (Å²) in [5.41, 5.74) is 0.715. The van der Waals surface area contributed by atoms with Crippen LogP contribution in [0.1, 0.15) is 51.0 Å². The second kappa shape index (κ2) is 13.3. The molecule has 0 heterocycles. The van der Waals surface area contributed by atoms with Gasteiger partial charge >= 0.3 is 0 Å². The molecule has 1 fully saturated rings. The zero-order valence-electron chi connectivity index (χ0n) is 22.0. The topological polar surface area (TPSA) is 96.0 Å². The second-order valence-electron chi connectivity index (χ2n) is 9.50. The van der Waals surface area contributed by atoms with E-state index in [9.17, 15) is 22.4 Å². The van der Waals surface area contributed by atoms with Crippen molar-refractivity contribution < 1.29 is 27.1 Å². The normalized spacial score (nSPS) is 15.0. The van der Waals surface area contributed by atoms with Gasteiger partial charge < -0.3 is 15.0 Å². The summed E-state index contributed by atoms with van der Waals surface area (Å²) in [4.78, 5) is 28.6. The predicted molar refractivity (Wildman–Crippen MR) is 146 cm³/mol. The van der Waals surface area contributed by atoms with Crippen molar-refractivity contribution in [2.45, 2.75) is 64.1 Å². The minimum atomic E-state index is -3.95. The van der Waals surface area contributed by atoms with Crippen molar-refractivity contribution in [2.24, 2.45) is 0 Å². The van der Waals surface area contributed by atoms with Crippen LogP contribution in [0.5, 0.6) is 5.75 Å². The summed E-state index contributed by atoms with van der Waals surface area (Å²) in [6.45, 7) is 1.22. The second-order valence-corrected chi connectivity index (χ2v) is 11.8.